The van der Waals surface area contributed by atoms with Gasteiger partial charge in [0.05, 0.1) is 10.6 Å². The van der Waals surface area contributed by atoms with Crippen molar-refractivity contribution in [3.05, 3.63) is 101 Å². The second-order valence-electron chi connectivity index (χ2n) is 10.1. The second-order valence-corrected chi connectivity index (χ2v) is 10.5. The fourth-order valence-electron chi connectivity index (χ4n) is 4.84. The number of fused-ring (bicyclic) bond motifs is 1. The summed E-state index contributed by atoms with van der Waals surface area (Å²) in [5.74, 6) is 0.297. The number of nitrogens with zero attached hydrogens (tertiary/aromatic N) is 3. The van der Waals surface area contributed by atoms with Crippen molar-refractivity contribution < 1.29 is 9.59 Å². The number of hydrogen-bond acceptors (Lipinski definition) is 3. The molecule has 1 aliphatic rings. The lowest BCUT2D eigenvalue weighted by Gasteiger charge is -2.28. The van der Waals surface area contributed by atoms with Crippen molar-refractivity contribution in [3.63, 3.8) is 0 Å². The highest BCUT2D eigenvalue weighted by atomic mass is 35.5. The molecule has 1 heterocycles. The van der Waals surface area contributed by atoms with Crippen LogP contribution in [0.3, 0.4) is 0 Å². The molecule has 5 nitrogen and oxygen atoms in total. The van der Waals surface area contributed by atoms with Crippen LogP contribution in [0, 0.1) is 5.92 Å². The number of carbonyl (C=O) groups excluding carboxylic acids is 2. The van der Waals surface area contributed by atoms with E-state index in [1.165, 1.54) is 5.56 Å². The van der Waals surface area contributed by atoms with Crippen LogP contribution in [0.1, 0.15) is 48.2 Å². The Labute approximate surface area is 225 Å². The maximum atomic E-state index is 13.7. The molecule has 6 heteroatoms. The van der Waals surface area contributed by atoms with Crippen molar-refractivity contribution in [2.45, 2.75) is 39.8 Å². The minimum Gasteiger partial charge on any atom is -0.333 e. The molecule has 4 rings (SSSR count). The molecule has 2 amide bonds. The summed E-state index contributed by atoms with van der Waals surface area (Å²) in [6.07, 6.45) is 1.34. The monoisotopic (exact) mass is 517 g/mol. The summed E-state index contributed by atoms with van der Waals surface area (Å²) in [6.45, 7) is 8.11. The number of benzene rings is 3. The molecule has 0 spiro atoms. The summed E-state index contributed by atoms with van der Waals surface area (Å²) in [7, 11) is 0. The highest BCUT2D eigenvalue weighted by Crippen LogP contribution is 2.26. The Balaban J connectivity index is 1.69. The van der Waals surface area contributed by atoms with E-state index in [9.17, 15) is 9.59 Å². The van der Waals surface area contributed by atoms with Crippen molar-refractivity contribution in [1.82, 2.24) is 9.80 Å². The van der Waals surface area contributed by atoms with Gasteiger partial charge in [-0.05, 0) is 41.7 Å². The molecule has 0 saturated carbocycles. The molecule has 37 heavy (non-hydrogen) atoms. The molecule has 0 radical (unpaired) electrons. The Bertz CT molecular complexity index is 1200. The first-order valence-electron chi connectivity index (χ1n) is 13.1. The third-order valence-corrected chi connectivity index (χ3v) is 7.04. The first-order chi connectivity index (χ1) is 17.9. The van der Waals surface area contributed by atoms with Crippen molar-refractivity contribution in [3.8, 4) is 0 Å². The summed E-state index contributed by atoms with van der Waals surface area (Å²) >= 11 is 6.43. The molecule has 0 fully saturated rings. The standard InChI is InChI=1S/C31H36ClN3O2/c1-24(2)21-30(36)35-18-10-17-33(22-25-11-4-3-5-12-25)19-20-34(23-26-13-6-9-16-29(26)35)31(37)27-14-7-8-15-28(27)32/h3-9,11-16,24H,10,17-23H2,1-2H3. The SMILES string of the molecule is CC(C)CC(=O)N1CCCN(Cc2ccccc2)CCN(C(=O)c2ccccc2Cl)Cc2ccccc21. The minimum atomic E-state index is -0.0978. The highest BCUT2D eigenvalue weighted by Gasteiger charge is 2.25. The molecule has 3 aromatic rings. The van der Waals surface area contributed by atoms with Crippen molar-refractivity contribution in [2.24, 2.45) is 5.92 Å². The summed E-state index contributed by atoms with van der Waals surface area (Å²) in [6, 6.07) is 25.6. The number of hydrogen-bond donors (Lipinski definition) is 0. The Kier molecular flexibility index (Phi) is 9.37. The van der Waals surface area contributed by atoms with Crippen molar-refractivity contribution in [2.75, 3.05) is 31.1 Å². The van der Waals surface area contributed by atoms with Crippen LogP contribution >= 0.6 is 11.6 Å². The molecule has 0 atom stereocenters. The van der Waals surface area contributed by atoms with Gasteiger partial charge in [0.1, 0.15) is 0 Å². The lowest BCUT2D eigenvalue weighted by Crippen LogP contribution is -2.38. The molecule has 194 valence electrons. The molecule has 0 aromatic heterocycles. The molecule has 1 aliphatic heterocycles. The molecule has 0 bridgehead atoms. The van der Waals surface area contributed by atoms with Crippen LogP contribution in [0.5, 0.6) is 0 Å². The number of amides is 2. The summed E-state index contributed by atoms with van der Waals surface area (Å²) in [4.78, 5) is 33.3. The van der Waals surface area contributed by atoms with E-state index in [-0.39, 0.29) is 17.7 Å². The van der Waals surface area contributed by atoms with Gasteiger partial charge in [0.25, 0.3) is 5.91 Å². The van der Waals surface area contributed by atoms with Crippen LogP contribution in [0.15, 0.2) is 78.9 Å². The van der Waals surface area contributed by atoms with Gasteiger partial charge in [-0.1, -0.05) is 86.1 Å². The zero-order valence-electron chi connectivity index (χ0n) is 21.8. The molecular weight excluding hydrogens is 482 g/mol. The van der Waals surface area contributed by atoms with Crippen LogP contribution in [0.25, 0.3) is 0 Å². The van der Waals surface area contributed by atoms with Gasteiger partial charge in [-0.2, -0.15) is 0 Å². The molecule has 0 saturated heterocycles. The van der Waals surface area contributed by atoms with Gasteiger partial charge >= 0.3 is 0 Å². The summed E-state index contributed by atoms with van der Waals surface area (Å²) < 4.78 is 0. The van der Waals surface area contributed by atoms with E-state index >= 15 is 0 Å². The van der Waals surface area contributed by atoms with E-state index in [1.54, 1.807) is 12.1 Å². The summed E-state index contributed by atoms with van der Waals surface area (Å²) in [5, 5.41) is 0.449. The minimum absolute atomic E-state index is 0.0978. The van der Waals surface area contributed by atoms with E-state index in [0.29, 0.717) is 36.6 Å². The molecule has 0 N–H and O–H groups in total. The Hall–Kier alpha value is -3.15. The number of halogens is 1. The average Bonchev–Trinajstić information content (AvgIpc) is 2.92. The quantitative estimate of drug-likeness (QED) is 0.401. The summed E-state index contributed by atoms with van der Waals surface area (Å²) in [5.41, 5.74) is 3.59. The fourth-order valence-corrected chi connectivity index (χ4v) is 5.05. The number of carbonyl (C=O) groups is 2. The lowest BCUT2D eigenvalue weighted by atomic mass is 10.1. The molecule has 3 aromatic carbocycles. The predicted octanol–water partition coefficient (Wildman–Crippen LogP) is 6.27. The zero-order valence-corrected chi connectivity index (χ0v) is 22.5. The maximum Gasteiger partial charge on any atom is 0.255 e. The normalized spacial score (nSPS) is 15.2. The van der Waals surface area contributed by atoms with Gasteiger partial charge in [-0.25, -0.2) is 0 Å². The van der Waals surface area contributed by atoms with Crippen LogP contribution in [-0.4, -0.2) is 47.8 Å². The molecular formula is C31H36ClN3O2. The highest BCUT2D eigenvalue weighted by molar-refractivity contribution is 6.33. The first-order valence-corrected chi connectivity index (χ1v) is 13.5. The van der Waals surface area contributed by atoms with E-state index in [2.05, 4.69) is 43.0 Å². The topological polar surface area (TPSA) is 43.9 Å². The van der Waals surface area contributed by atoms with Gasteiger partial charge in [-0.3, -0.25) is 14.5 Å². The first kappa shape index (κ1) is 26.9. The zero-order chi connectivity index (χ0) is 26.2. The average molecular weight is 518 g/mol. The molecule has 0 aliphatic carbocycles. The van der Waals surface area contributed by atoms with Gasteiger partial charge < -0.3 is 9.80 Å². The van der Waals surface area contributed by atoms with Crippen LogP contribution in [0.2, 0.25) is 5.02 Å². The van der Waals surface area contributed by atoms with Gasteiger partial charge in [0.2, 0.25) is 5.91 Å². The maximum absolute atomic E-state index is 13.7. The fraction of sp³-hybridized carbons (Fsp3) is 0.355. The third-order valence-electron chi connectivity index (χ3n) is 6.71. The van der Waals surface area contributed by atoms with Gasteiger partial charge in [0.15, 0.2) is 0 Å². The number of para-hydroxylation sites is 1. The smallest absolute Gasteiger partial charge is 0.255 e. The Morgan fingerprint density at radius 2 is 1.54 bits per heavy atom. The Morgan fingerprint density at radius 3 is 2.30 bits per heavy atom. The predicted molar refractivity (Wildman–Crippen MR) is 151 cm³/mol. The number of rotatable bonds is 5. The van der Waals surface area contributed by atoms with E-state index < -0.39 is 0 Å². The third kappa shape index (κ3) is 7.21. The number of anilines is 1. The van der Waals surface area contributed by atoms with Crippen LogP contribution in [-0.2, 0) is 17.9 Å². The van der Waals surface area contributed by atoms with E-state index in [4.69, 9.17) is 11.6 Å². The lowest BCUT2D eigenvalue weighted by molar-refractivity contribution is -0.119. The van der Waals surface area contributed by atoms with E-state index in [0.717, 1.165) is 37.3 Å². The van der Waals surface area contributed by atoms with Crippen molar-refractivity contribution >= 4 is 29.1 Å². The second kappa shape index (κ2) is 12.9. The van der Waals surface area contributed by atoms with E-state index in [1.807, 2.05) is 52.3 Å². The van der Waals surface area contributed by atoms with Crippen LogP contribution in [0.4, 0.5) is 5.69 Å². The largest absolute Gasteiger partial charge is 0.333 e. The van der Waals surface area contributed by atoms with Crippen molar-refractivity contribution in [1.29, 1.82) is 0 Å². The van der Waals surface area contributed by atoms with Crippen LogP contribution < -0.4 is 4.90 Å². The molecule has 0 unspecified atom stereocenters. The van der Waals surface area contributed by atoms with Gasteiger partial charge in [-0.15, -0.1) is 0 Å². The Morgan fingerprint density at radius 1 is 0.838 bits per heavy atom. The van der Waals surface area contributed by atoms with Gasteiger partial charge in [0, 0.05) is 51.4 Å².